The summed E-state index contributed by atoms with van der Waals surface area (Å²) in [5, 5.41) is 1.72. The summed E-state index contributed by atoms with van der Waals surface area (Å²) in [5.74, 6) is -0.683. The third kappa shape index (κ3) is 4.58. The molecule has 6 heteroatoms. The molecule has 0 aliphatic heterocycles. The molecule has 0 aromatic carbocycles. The molecule has 0 aliphatic carbocycles. The van der Waals surface area contributed by atoms with Crippen LogP contribution < -0.4 is 5.32 Å². The molecule has 0 saturated carbocycles. The minimum Gasteiger partial charge on any atom is -0.353 e. The van der Waals surface area contributed by atoms with Crippen molar-refractivity contribution in [2.75, 3.05) is 6.54 Å². The third-order valence-corrected chi connectivity index (χ3v) is 0.885. The fraction of sp³-hybridized carbons (Fsp3) is 0.800. The Kier molecular flexibility index (Phi) is 3.28. The number of carbonyl (C=O) groups is 1. The van der Waals surface area contributed by atoms with Crippen LogP contribution in [-0.4, -0.2) is 24.8 Å². The van der Waals surface area contributed by atoms with Crippen molar-refractivity contribution in [3.63, 3.8) is 0 Å². The third-order valence-electron chi connectivity index (χ3n) is 0.885. The molecule has 0 heterocycles. The zero-order chi connectivity index (χ0) is 9.07. The van der Waals surface area contributed by atoms with Gasteiger partial charge in [0.25, 0.3) is 0 Å². The van der Waals surface area contributed by atoms with Crippen molar-refractivity contribution in [1.82, 2.24) is 5.32 Å². The molecule has 0 radical (unpaired) electrons. The molecular weight excluding hydrogens is 166 g/mol. The molecule has 1 N–H and O–H groups in total. The molecule has 0 rings (SSSR count). The van der Waals surface area contributed by atoms with E-state index in [0.29, 0.717) is 0 Å². The van der Waals surface area contributed by atoms with Gasteiger partial charge in [-0.05, 0) is 0 Å². The van der Waals surface area contributed by atoms with Crippen LogP contribution in [0.25, 0.3) is 0 Å². The number of amides is 1. The Morgan fingerprint density at radius 2 is 2.00 bits per heavy atom. The second kappa shape index (κ2) is 3.54. The molecule has 0 aromatic heterocycles. The molecule has 11 heavy (non-hydrogen) atoms. The number of halogens is 4. The first-order valence-corrected chi connectivity index (χ1v) is 2.79. The van der Waals surface area contributed by atoms with Gasteiger partial charge in [-0.15, -0.1) is 0 Å². The largest absolute Gasteiger partial charge is 0.421 e. The Morgan fingerprint density at radius 1 is 1.55 bits per heavy atom. The Labute approximate surface area is 60.6 Å². The molecule has 0 aromatic rings. The SMILES string of the molecule is CC(=O)NCC(F)C(F)(F)F. The lowest BCUT2D eigenvalue weighted by atomic mass is 10.4. The predicted octanol–water partition coefficient (Wildman–Crippen LogP) is 1.02. The van der Waals surface area contributed by atoms with E-state index in [1.807, 2.05) is 0 Å². The van der Waals surface area contributed by atoms with E-state index in [0.717, 1.165) is 6.92 Å². The highest BCUT2D eigenvalue weighted by Crippen LogP contribution is 2.21. The summed E-state index contributed by atoms with van der Waals surface area (Å²) in [6.07, 6.45) is -7.87. The van der Waals surface area contributed by atoms with Crippen LogP contribution in [0.5, 0.6) is 0 Å². The lowest BCUT2D eigenvalue weighted by molar-refractivity contribution is -0.179. The van der Waals surface area contributed by atoms with E-state index in [9.17, 15) is 22.4 Å². The summed E-state index contributed by atoms with van der Waals surface area (Å²) in [5.41, 5.74) is 0. The van der Waals surface area contributed by atoms with Crippen molar-refractivity contribution in [1.29, 1.82) is 0 Å². The van der Waals surface area contributed by atoms with Gasteiger partial charge < -0.3 is 5.32 Å². The zero-order valence-electron chi connectivity index (χ0n) is 5.70. The van der Waals surface area contributed by atoms with E-state index < -0.39 is 24.8 Å². The summed E-state index contributed by atoms with van der Waals surface area (Å²) in [6, 6.07) is 0. The van der Waals surface area contributed by atoms with Gasteiger partial charge in [-0.1, -0.05) is 0 Å². The first kappa shape index (κ1) is 10.2. The quantitative estimate of drug-likeness (QED) is 0.620. The van der Waals surface area contributed by atoms with Crippen LogP contribution in [0.1, 0.15) is 6.92 Å². The van der Waals surface area contributed by atoms with Gasteiger partial charge in [0.1, 0.15) is 0 Å². The Balaban J connectivity index is 3.70. The minimum atomic E-state index is -4.89. The van der Waals surface area contributed by atoms with Gasteiger partial charge in [0.15, 0.2) is 0 Å². The van der Waals surface area contributed by atoms with E-state index in [1.54, 1.807) is 5.32 Å². The van der Waals surface area contributed by atoms with Gasteiger partial charge in [-0.3, -0.25) is 4.79 Å². The van der Waals surface area contributed by atoms with E-state index in [-0.39, 0.29) is 0 Å². The summed E-state index contributed by atoms with van der Waals surface area (Å²) >= 11 is 0. The molecule has 0 fully saturated rings. The Bertz CT molecular complexity index is 144. The minimum absolute atomic E-state index is 0.683. The summed E-state index contributed by atoms with van der Waals surface area (Å²) < 4.78 is 46.1. The Morgan fingerprint density at radius 3 is 2.27 bits per heavy atom. The van der Waals surface area contributed by atoms with Crippen LogP contribution in [0.4, 0.5) is 17.6 Å². The number of alkyl halides is 4. The number of hydrogen-bond donors (Lipinski definition) is 1. The van der Waals surface area contributed by atoms with Crippen molar-refractivity contribution in [3.8, 4) is 0 Å². The number of nitrogens with one attached hydrogen (secondary N) is 1. The van der Waals surface area contributed by atoms with Crippen LogP contribution in [0.15, 0.2) is 0 Å². The molecule has 0 aliphatic rings. The molecule has 1 amide bonds. The maximum absolute atomic E-state index is 11.9. The fourth-order valence-electron chi connectivity index (χ4n) is 0.349. The van der Waals surface area contributed by atoms with Crippen LogP contribution >= 0.6 is 0 Å². The Hall–Kier alpha value is -0.810. The average molecular weight is 173 g/mol. The maximum Gasteiger partial charge on any atom is 0.421 e. The van der Waals surface area contributed by atoms with Crippen molar-refractivity contribution in [2.45, 2.75) is 19.3 Å². The monoisotopic (exact) mass is 173 g/mol. The van der Waals surface area contributed by atoms with E-state index in [4.69, 9.17) is 0 Å². The maximum atomic E-state index is 11.9. The van der Waals surface area contributed by atoms with E-state index in [2.05, 4.69) is 0 Å². The van der Waals surface area contributed by atoms with Crippen molar-refractivity contribution < 1.29 is 22.4 Å². The second-order valence-corrected chi connectivity index (χ2v) is 1.95. The first-order valence-electron chi connectivity index (χ1n) is 2.79. The van der Waals surface area contributed by atoms with Gasteiger partial charge in [0.05, 0.1) is 6.54 Å². The van der Waals surface area contributed by atoms with Crippen LogP contribution in [0.3, 0.4) is 0 Å². The lowest BCUT2D eigenvalue weighted by Crippen LogP contribution is -2.37. The number of rotatable bonds is 2. The highest BCUT2D eigenvalue weighted by molar-refractivity contribution is 5.72. The van der Waals surface area contributed by atoms with Crippen LogP contribution in [0.2, 0.25) is 0 Å². The first-order chi connectivity index (χ1) is 4.84. The molecular formula is C5H7F4NO. The normalized spacial score (nSPS) is 14.3. The van der Waals surface area contributed by atoms with Crippen molar-refractivity contribution in [3.05, 3.63) is 0 Å². The van der Waals surface area contributed by atoms with Crippen LogP contribution in [0, 0.1) is 0 Å². The van der Waals surface area contributed by atoms with Crippen molar-refractivity contribution in [2.24, 2.45) is 0 Å². The molecule has 1 unspecified atom stereocenters. The highest BCUT2D eigenvalue weighted by atomic mass is 19.4. The highest BCUT2D eigenvalue weighted by Gasteiger charge is 2.39. The molecule has 0 saturated heterocycles. The second-order valence-electron chi connectivity index (χ2n) is 1.95. The standard InChI is InChI=1S/C5H7F4NO/c1-3(11)10-2-4(6)5(7,8)9/h4H,2H2,1H3,(H,10,11). The number of carbonyl (C=O) groups excluding carboxylic acids is 1. The topological polar surface area (TPSA) is 29.1 Å². The molecule has 0 spiro atoms. The predicted molar refractivity (Wildman–Crippen MR) is 29.6 cm³/mol. The molecule has 0 bridgehead atoms. The lowest BCUT2D eigenvalue weighted by Gasteiger charge is -2.11. The molecule has 2 nitrogen and oxygen atoms in total. The molecule has 1 atom stereocenters. The van der Waals surface area contributed by atoms with Crippen molar-refractivity contribution >= 4 is 5.91 Å². The van der Waals surface area contributed by atoms with Gasteiger partial charge in [-0.2, -0.15) is 13.2 Å². The zero-order valence-corrected chi connectivity index (χ0v) is 5.70. The fourth-order valence-corrected chi connectivity index (χ4v) is 0.349. The van der Waals surface area contributed by atoms with Gasteiger partial charge >= 0.3 is 6.18 Å². The van der Waals surface area contributed by atoms with Gasteiger partial charge in [0, 0.05) is 6.92 Å². The van der Waals surface area contributed by atoms with Crippen LogP contribution in [-0.2, 0) is 4.79 Å². The molecule has 66 valence electrons. The summed E-state index contributed by atoms with van der Waals surface area (Å²) in [6.45, 7) is 0.00191. The number of hydrogen-bond acceptors (Lipinski definition) is 1. The smallest absolute Gasteiger partial charge is 0.353 e. The average Bonchev–Trinajstić information content (AvgIpc) is 1.80. The van der Waals surface area contributed by atoms with E-state index in [1.165, 1.54) is 0 Å². The van der Waals surface area contributed by atoms with Gasteiger partial charge in [-0.25, -0.2) is 4.39 Å². The van der Waals surface area contributed by atoms with Gasteiger partial charge in [0.2, 0.25) is 12.1 Å². The summed E-state index contributed by atoms with van der Waals surface area (Å²) in [7, 11) is 0. The van der Waals surface area contributed by atoms with E-state index >= 15 is 0 Å². The summed E-state index contributed by atoms with van der Waals surface area (Å²) in [4.78, 5) is 10.0.